The maximum Gasteiger partial charge on any atom is 0.143 e. The zero-order valence-electron chi connectivity index (χ0n) is 9.67. The maximum atomic E-state index is 8.50. The average Bonchev–Trinajstić information content (AvgIpc) is 2.77. The van der Waals surface area contributed by atoms with E-state index in [0.717, 1.165) is 6.54 Å². The highest BCUT2D eigenvalue weighted by Gasteiger charge is 2.09. The Hall–Kier alpha value is -1.56. The molecule has 1 aromatic rings. The fourth-order valence-corrected chi connectivity index (χ4v) is 1.33. The smallest absolute Gasteiger partial charge is 0.143 e. The van der Waals surface area contributed by atoms with Gasteiger partial charge in [0.2, 0.25) is 0 Å². The van der Waals surface area contributed by atoms with Gasteiger partial charge in [-0.25, -0.2) is 0 Å². The first kappa shape index (κ1) is 12.5. The standard InChI is InChI=1S/C10H19N5O/c1-8(10(11)14-16)6-12-9(2)7-15-5-3-4-13-15/h3-5,8-9,12,16H,6-7H2,1-2H3,(H2,11,14). The van der Waals surface area contributed by atoms with Gasteiger partial charge in [0, 0.05) is 30.9 Å². The Kier molecular flexibility index (Phi) is 4.78. The molecule has 6 nitrogen and oxygen atoms in total. The van der Waals surface area contributed by atoms with Gasteiger partial charge in [0.15, 0.2) is 0 Å². The van der Waals surface area contributed by atoms with Gasteiger partial charge >= 0.3 is 0 Å². The Morgan fingerprint density at radius 1 is 1.62 bits per heavy atom. The van der Waals surface area contributed by atoms with E-state index in [0.29, 0.717) is 6.54 Å². The lowest BCUT2D eigenvalue weighted by Gasteiger charge is -2.16. The van der Waals surface area contributed by atoms with E-state index in [9.17, 15) is 0 Å². The van der Waals surface area contributed by atoms with E-state index in [4.69, 9.17) is 10.9 Å². The third kappa shape index (κ3) is 3.90. The summed E-state index contributed by atoms with van der Waals surface area (Å²) in [5.41, 5.74) is 5.48. The molecule has 1 aromatic heterocycles. The summed E-state index contributed by atoms with van der Waals surface area (Å²) < 4.78 is 1.87. The molecule has 0 bridgehead atoms. The molecule has 0 aliphatic carbocycles. The lowest BCUT2D eigenvalue weighted by molar-refractivity contribution is 0.313. The van der Waals surface area contributed by atoms with Crippen molar-refractivity contribution in [2.45, 2.75) is 26.4 Å². The molecule has 0 fully saturated rings. The minimum atomic E-state index is 0.0186. The van der Waals surface area contributed by atoms with E-state index in [1.807, 2.05) is 23.9 Å². The van der Waals surface area contributed by atoms with Crippen LogP contribution in [0.5, 0.6) is 0 Å². The molecule has 1 heterocycles. The first-order valence-electron chi connectivity index (χ1n) is 5.31. The third-order valence-electron chi connectivity index (χ3n) is 2.41. The molecule has 0 aliphatic heterocycles. The van der Waals surface area contributed by atoms with E-state index >= 15 is 0 Å². The summed E-state index contributed by atoms with van der Waals surface area (Å²) in [4.78, 5) is 0. The molecular formula is C10H19N5O. The maximum absolute atomic E-state index is 8.50. The number of hydrogen-bond acceptors (Lipinski definition) is 4. The largest absolute Gasteiger partial charge is 0.409 e. The monoisotopic (exact) mass is 225 g/mol. The number of oxime groups is 1. The van der Waals surface area contributed by atoms with Crippen LogP contribution in [-0.4, -0.2) is 33.4 Å². The van der Waals surface area contributed by atoms with Crippen molar-refractivity contribution in [1.29, 1.82) is 0 Å². The summed E-state index contributed by atoms with van der Waals surface area (Å²) in [6.45, 7) is 5.46. The summed E-state index contributed by atoms with van der Waals surface area (Å²) in [7, 11) is 0. The molecule has 0 radical (unpaired) electrons. The van der Waals surface area contributed by atoms with Crippen molar-refractivity contribution in [2.75, 3.05) is 6.54 Å². The minimum Gasteiger partial charge on any atom is -0.409 e. The zero-order valence-corrected chi connectivity index (χ0v) is 9.67. The van der Waals surface area contributed by atoms with Crippen LogP contribution in [0.3, 0.4) is 0 Å². The second-order valence-corrected chi connectivity index (χ2v) is 3.96. The molecule has 6 heteroatoms. The predicted octanol–water partition coefficient (Wildman–Crippen LogP) is 0.244. The Morgan fingerprint density at radius 2 is 2.38 bits per heavy atom. The summed E-state index contributed by atoms with van der Waals surface area (Å²) in [5, 5.41) is 18.9. The normalized spacial score (nSPS) is 16.0. The number of hydrogen-bond donors (Lipinski definition) is 3. The Labute approximate surface area is 95.1 Å². The Bertz CT molecular complexity index is 322. The molecule has 90 valence electrons. The molecule has 2 atom stereocenters. The van der Waals surface area contributed by atoms with Crippen molar-refractivity contribution in [3.63, 3.8) is 0 Å². The van der Waals surface area contributed by atoms with Crippen molar-refractivity contribution in [2.24, 2.45) is 16.8 Å². The Balaban J connectivity index is 2.27. The van der Waals surface area contributed by atoms with Crippen LogP contribution in [-0.2, 0) is 6.54 Å². The van der Waals surface area contributed by atoms with E-state index in [1.54, 1.807) is 6.20 Å². The number of nitrogens with zero attached hydrogens (tertiary/aromatic N) is 3. The van der Waals surface area contributed by atoms with Crippen LogP contribution in [0.15, 0.2) is 23.6 Å². The van der Waals surface area contributed by atoms with Gasteiger partial charge in [0.1, 0.15) is 5.84 Å². The van der Waals surface area contributed by atoms with Crippen LogP contribution in [0.4, 0.5) is 0 Å². The van der Waals surface area contributed by atoms with Gasteiger partial charge in [-0.1, -0.05) is 12.1 Å². The van der Waals surface area contributed by atoms with E-state index < -0.39 is 0 Å². The van der Waals surface area contributed by atoms with Crippen molar-refractivity contribution in [3.8, 4) is 0 Å². The number of amidine groups is 1. The van der Waals surface area contributed by atoms with Crippen molar-refractivity contribution in [3.05, 3.63) is 18.5 Å². The fourth-order valence-electron chi connectivity index (χ4n) is 1.33. The molecule has 1 rings (SSSR count). The van der Waals surface area contributed by atoms with Gasteiger partial charge in [0.25, 0.3) is 0 Å². The molecule has 0 spiro atoms. The summed E-state index contributed by atoms with van der Waals surface area (Å²) in [6.07, 6.45) is 3.68. The van der Waals surface area contributed by atoms with E-state index in [1.165, 1.54) is 0 Å². The summed E-state index contributed by atoms with van der Waals surface area (Å²) >= 11 is 0. The highest BCUT2D eigenvalue weighted by atomic mass is 16.4. The average molecular weight is 225 g/mol. The lowest BCUT2D eigenvalue weighted by Crippen LogP contribution is -2.37. The molecule has 2 unspecified atom stereocenters. The minimum absolute atomic E-state index is 0.0186. The van der Waals surface area contributed by atoms with Gasteiger partial charge in [-0.05, 0) is 13.0 Å². The van der Waals surface area contributed by atoms with Gasteiger partial charge in [-0.2, -0.15) is 5.10 Å². The van der Waals surface area contributed by atoms with Gasteiger partial charge < -0.3 is 16.3 Å². The van der Waals surface area contributed by atoms with Crippen LogP contribution in [0.2, 0.25) is 0 Å². The SMILES string of the molecule is CC(Cn1cccn1)NCC(C)C(N)=NO. The molecule has 0 saturated carbocycles. The lowest BCUT2D eigenvalue weighted by atomic mass is 10.1. The number of aromatic nitrogens is 2. The number of nitrogens with one attached hydrogen (secondary N) is 1. The fraction of sp³-hybridized carbons (Fsp3) is 0.600. The summed E-state index contributed by atoms with van der Waals surface area (Å²) in [6, 6.07) is 2.18. The van der Waals surface area contributed by atoms with Crippen LogP contribution in [0.25, 0.3) is 0 Å². The van der Waals surface area contributed by atoms with E-state index in [2.05, 4.69) is 22.5 Å². The molecule has 0 aliphatic rings. The third-order valence-corrected chi connectivity index (χ3v) is 2.41. The molecule has 0 saturated heterocycles. The highest BCUT2D eigenvalue weighted by Crippen LogP contribution is 1.95. The molecular weight excluding hydrogens is 206 g/mol. The van der Waals surface area contributed by atoms with Gasteiger partial charge in [-0.3, -0.25) is 4.68 Å². The quantitative estimate of drug-likeness (QED) is 0.280. The number of rotatable bonds is 6. The van der Waals surface area contributed by atoms with Crippen LogP contribution >= 0.6 is 0 Å². The van der Waals surface area contributed by atoms with Gasteiger partial charge in [0.05, 0.1) is 6.54 Å². The van der Waals surface area contributed by atoms with Crippen molar-refractivity contribution < 1.29 is 5.21 Å². The second kappa shape index (κ2) is 6.12. The topological polar surface area (TPSA) is 88.5 Å². The number of nitrogens with two attached hydrogens (primary N) is 1. The van der Waals surface area contributed by atoms with Crippen LogP contribution < -0.4 is 11.1 Å². The van der Waals surface area contributed by atoms with Crippen LogP contribution in [0, 0.1) is 5.92 Å². The van der Waals surface area contributed by atoms with Crippen molar-refractivity contribution >= 4 is 5.84 Å². The predicted molar refractivity (Wildman–Crippen MR) is 62.3 cm³/mol. The van der Waals surface area contributed by atoms with Crippen LogP contribution in [0.1, 0.15) is 13.8 Å². The first-order chi connectivity index (χ1) is 7.63. The molecule has 4 N–H and O–H groups in total. The molecule has 0 amide bonds. The Morgan fingerprint density at radius 3 is 2.94 bits per heavy atom. The van der Waals surface area contributed by atoms with Gasteiger partial charge in [-0.15, -0.1) is 0 Å². The molecule has 0 aromatic carbocycles. The first-order valence-corrected chi connectivity index (χ1v) is 5.31. The second-order valence-electron chi connectivity index (χ2n) is 3.96. The highest BCUT2D eigenvalue weighted by molar-refractivity contribution is 5.82. The molecule has 16 heavy (non-hydrogen) atoms. The zero-order chi connectivity index (χ0) is 12.0. The van der Waals surface area contributed by atoms with E-state index in [-0.39, 0.29) is 17.8 Å². The summed E-state index contributed by atoms with van der Waals surface area (Å²) in [5.74, 6) is 0.267. The van der Waals surface area contributed by atoms with Crippen molar-refractivity contribution in [1.82, 2.24) is 15.1 Å².